The Morgan fingerprint density at radius 1 is 0.949 bits per heavy atom. The van der Waals surface area contributed by atoms with E-state index in [4.69, 9.17) is 19.5 Å². The molecule has 2 aromatic carbocycles. The molecule has 8 heteroatoms. The average molecular weight is 524 g/mol. The van der Waals surface area contributed by atoms with Gasteiger partial charge in [-0.1, -0.05) is 12.1 Å². The predicted molar refractivity (Wildman–Crippen MR) is 150 cm³/mol. The smallest absolute Gasteiger partial charge is 0.213 e. The van der Waals surface area contributed by atoms with E-state index < -0.39 is 0 Å². The van der Waals surface area contributed by atoms with Crippen molar-refractivity contribution in [2.75, 3.05) is 19.5 Å². The molecule has 0 atom stereocenters. The number of benzene rings is 3. The molecule has 198 valence electrons. The standard InChI is InChI=1S/C31H30FN5O2/c1-38-24-14-11-22(12-15-24)35-27-18-30-28(17-26(27)34-21-9-7-20(32)8-10-21)36-25-5-3-4-6-29(25)37(30)23-13-16-31(39-2)33-19-23/h3-10,13,16-19,22,24,34H,11-12,14-15H2,1-2H3. The first-order valence-electron chi connectivity index (χ1n) is 13.2. The molecular formula is C31H30FN5O2. The van der Waals surface area contributed by atoms with Crippen molar-refractivity contribution in [2.24, 2.45) is 4.99 Å². The lowest BCUT2D eigenvalue weighted by Gasteiger charge is -2.25. The summed E-state index contributed by atoms with van der Waals surface area (Å²) >= 11 is 0. The van der Waals surface area contributed by atoms with Gasteiger partial charge < -0.3 is 19.4 Å². The van der Waals surface area contributed by atoms with E-state index in [1.807, 2.05) is 36.4 Å². The van der Waals surface area contributed by atoms with Crippen LogP contribution in [-0.2, 0) is 4.74 Å². The van der Waals surface area contributed by atoms with Gasteiger partial charge in [-0.3, -0.25) is 4.99 Å². The van der Waals surface area contributed by atoms with E-state index in [-0.39, 0.29) is 11.9 Å². The van der Waals surface area contributed by atoms with Crippen LogP contribution in [0.2, 0.25) is 0 Å². The maximum atomic E-state index is 13.6. The van der Waals surface area contributed by atoms with Crippen molar-refractivity contribution in [1.82, 2.24) is 14.5 Å². The van der Waals surface area contributed by atoms with Crippen molar-refractivity contribution in [1.29, 1.82) is 0 Å². The molecule has 0 unspecified atom stereocenters. The Morgan fingerprint density at radius 3 is 2.46 bits per heavy atom. The van der Waals surface area contributed by atoms with Crippen LogP contribution in [0, 0.1) is 5.82 Å². The van der Waals surface area contributed by atoms with Crippen molar-refractivity contribution in [3.8, 4) is 23.0 Å². The van der Waals surface area contributed by atoms with Crippen molar-refractivity contribution < 1.29 is 13.9 Å². The Morgan fingerprint density at radius 2 is 1.74 bits per heavy atom. The molecule has 7 nitrogen and oxygen atoms in total. The van der Waals surface area contributed by atoms with Gasteiger partial charge in [0.05, 0.1) is 64.6 Å². The quantitative estimate of drug-likeness (QED) is 0.265. The van der Waals surface area contributed by atoms with Gasteiger partial charge in [0.25, 0.3) is 0 Å². The SMILES string of the molecule is COc1ccc(-n2c3cc(=NC4CCC(OC)CC4)c(Nc4ccc(F)cc4)cc-3nc3ccccc32)cn1. The second kappa shape index (κ2) is 10.8. The minimum absolute atomic E-state index is 0.187. The molecule has 2 heterocycles. The Hall–Kier alpha value is -4.30. The Balaban J connectivity index is 1.56. The molecule has 0 radical (unpaired) electrons. The first-order chi connectivity index (χ1) is 19.1. The largest absolute Gasteiger partial charge is 0.481 e. The lowest BCUT2D eigenvalue weighted by Crippen LogP contribution is -2.25. The molecule has 2 aliphatic carbocycles. The average Bonchev–Trinajstić information content (AvgIpc) is 2.98. The number of aromatic nitrogens is 3. The first-order valence-corrected chi connectivity index (χ1v) is 13.2. The summed E-state index contributed by atoms with van der Waals surface area (Å²) in [6.07, 6.45) is 6.00. The number of nitrogens with one attached hydrogen (secondary N) is 1. The fourth-order valence-corrected chi connectivity index (χ4v) is 5.25. The van der Waals surface area contributed by atoms with E-state index in [0.717, 1.165) is 70.5 Å². The third kappa shape index (κ3) is 5.20. The minimum atomic E-state index is -0.277. The predicted octanol–water partition coefficient (Wildman–Crippen LogP) is 6.27. The van der Waals surface area contributed by atoms with Crippen LogP contribution in [0.25, 0.3) is 28.1 Å². The summed E-state index contributed by atoms with van der Waals surface area (Å²) in [5.41, 5.74) is 6.03. The molecule has 1 aliphatic heterocycles. The molecule has 0 amide bonds. The van der Waals surface area contributed by atoms with Gasteiger partial charge in [-0.15, -0.1) is 0 Å². The van der Waals surface area contributed by atoms with Crippen LogP contribution >= 0.6 is 0 Å². The Bertz CT molecular complexity index is 1620. The van der Waals surface area contributed by atoms with Crippen LogP contribution in [0.15, 0.2) is 84.0 Å². The fraction of sp³-hybridized carbons (Fsp3) is 0.258. The summed E-state index contributed by atoms with van der Waals surface area (Å²) < 4.78 is 26.6. The molecule has 39 heavy (non-hydrogen) atoms. The normalized spacial score (nSPS) is 18.0. The zero-order chi connectivity index (χ0) is 26.8. The molecule has 3 aromatic rings. The van der Waals surface area contributed by atoms with Crippen LogP contribution in [-0.4, -0.2) is 40.9 Å². The number of hydrogen-bond acceptors (Lipinski definition) is 6. The van der Waals surface area contributed by atoms with E-state index in [9.17, 15) is 4.39 Å². The van der Waals surface area contributed by atoms with Crippen molar-refractivity contribution in [3.63, 3.8) is 0 Å². The minimum Gasteiger partial charge on any atom is -0.481 e. The molecule has 0 spiro atoms. The Kier molecular flexibility index (Phi) is 6.94. The number of fused-ring (bicyclic) bond motifs is 2. The van der Waals surface area contributed by atoms with Crippen molar-refractivity contribution in [3.05, 3.63) is 90.2 Å². The summed E-state index contributed by atoms with van der Waals surface area (Å²) in [4.78, 5) is 14.7. The molecule has 3 aliphatic rings. The molecule has 1 aromatic heterocycles. The summed E-state index contributed by atoms with van der Waals surface area (Å²) in [6, 6.07) is 22.5. The topological polar surface area (TPSA) is 73.6 Å². The highest BCUT2D eigenvalue weighted by molar-refractivity contribution is 5.84. The van der Waals surface area contributed by atoms with Crippen LogP contribution in [0.1, 0.15) is 25.7 Å². The number of anilines is 2. The second-order valence-electron chi connectivity index (χ2n) is 9.78. The van der Waals surface area contributed by atoms with Crippen LogP contribution in [0.4, 0.5) is 15.8 Å². The third-order valence-corrected chi connectivity index (χ3v) is 7.31. The number of ether oxygens (including phenoxy) is 2. The fourth-order valence-electron chi connectivity index (χ4n) is 5.25. The van der Waals surface area contributed by atoms with Crippen LogP contribution in [0.3, 0.4) is 0 Å². The van der Waals surface area contributed by atoms with E-state index in [1.165, 1.54) is 12.1 Å². The van der Waals surface area contributed by atoms with Gasteiger partial charge in [0, 0.05) is 18.9 Å². The summed E-state index contributed by atoms with van der Waals surface area (Å²) in [5.74, 6) is 0.274. The van der Waals surface area contributed by atoms with E-state index in [0.29, 0.717) is 12.0 Å². The molecule has 0 saturated heterocycles. The van der Waals surface area contributed by atoms with Gasteiger partial charge in [0.2, 0.25) is 5.88 Å². The highest BCUT2D eigenvalue weighted by Gasteiger charge is 2.21. The maximum Gasteiger partial charge on any atom is 0.213 e. The summed E-state index contributed by atoms with van der Waals surface area (Å²) in [5, 5.41) is 4.29. The lowest BCUT2D eigenvalue weighted by molar-refractivity contribution is 0.0663. The second-order valence-corrected chi connectivity index (χ2v) is 9.78. The van der Waals surface area contributed by atoms with Gasteiger partial charge in [0.15, 0.2) is 0 Å². The summed E-state index contributed by atoms with van der Waals surface area (Å²) in [7, 11) is 3.39. The zero-order valence-electron chi connectivity index (χ0n) is 22.0. The van der Waals surface area contributed by atoms with Gasteiger partial charge in [-0.25, -0.2) is 14.4 Å². The molecule has 1 N–H and O–H groups in total. The number of pyridine rings is 1. The molecule has 1 fully saturated rings. The number of halogens is 1. The van der Waals surface area contributed by atoms with Gasteiger partial charge in [-0.2, -0.15) is 0 Å². The van der Waals surface area contributed by atoms with Gasteiger partial charge in [0.1, 0.15) is 5.82 Å². The number of nitrogens with zero attached hydrogens (tertiary/aromatic N) is 4. The molecule has 0 bridgehead atoms. The van der Waals surface area contributed by atoms with Crippen LogP contribution < -0.4 is 15.4 Å². The van der Waals surface area contributed by atoms with E-state index in [2.05, 4.69) is 27.0 Å². The molecule has 1 saturated carbocycles. The number of hydrogen-bond donors (Lipinski definition) is 1. The third-order valence-electron chi connectivity index (χ3n) is 7.31. The molecular weight excluding hydrogens is 493 g/mol. The van der Waals surface area contributed by atoms with E-state index in [1.54, 1.807) is 32.5 Å². The number of methoxy groups -OCH3 is 2. The van der Waals surface area contributed by atoms with Crippen molar-refractivity contribution >= 4 is 22.4 Å². The zero-order valence-corrected chi connectivity index (χ0v) is 22.0. The van der Waals surface area contributed by atoms with Gasteiger partial charge in [-0.05, 0) is 80.3 Å². The highest BCUT2D eigenvalue weighted by atomic mass is 19.1. The number of para-hydroxylation sites is 2. The maximum absolute atomic E-state index is 13.6. The van der Waals surface area contributed by atoms with Crippen LogP contribution in [0.5, 0.6) is 5.88 Å². The monoisotopic (exact) mass is 523 g/mol. The summed E-state index contributed by atoms with van der Waals surface area (Å²) in [6.45, 7) is 0. The number of rotatable bonds is 6. The lowest BCUT2D eigenvalue weighted by atomic mass is 9.93. The Labute approximate surface area is 226 Å². The first kappa shape index (κ1) is 25.0. The van der Waals surface area contributed by atoms with E-state index >= 15 is 0 Å². The highest BCUT2D eigenvalue weighted by Crippen LogP contribution is 2.31. The van der Waals surface area contributed by atoms with Crippen molar-refractivity contribution in [2.45, 2.75) is 37.8 Å². The molecule has 6 rings (SSSR count). The van der Waals surface area contributed by atoms with Gasteiger partial charge >= 0.3 is 0 Å².